The van der Waals surface area contributed by atoms with E-state index < -0.39 is 0 Å². The number of para-hydroxylation sites is 3. The van der Waals surface area contributed by atoms with Gasteiger partial charge in [-0.25, -0.2) is 4.98 Å². The van der Waals surface area contributed by atoms with Gasteiger partial charge >= 0.3 is 0 Å². The van der Waals surface area contributed by atoms with E-state index in [1.807, 2.05) is 12.4 Å². The predicted molar refractivity (Wildman–Crippen MR) is 136 cm³/mol. The third-order valence-corrected chi connectivity index (χ3v) is 5.35. The van der Waals surface area contributed by atoms with Gasteiger partial charge in [-0.2, -0.15) is 0 Å². The summed E-state index contributed by atoms with van der Waals surface area (Å²) in [6.07, 6.45) is 4.03. The van der Waals surface area contributed by atoms with Crippen LogP contribution in [0.5, 0.6) is 0 Å². The van der Waals surface area contributed by atoms with Gasteiger partial charge in [0.15, 0.2) is 5.96 Å². The molecule has 0 bridgehead atoms. The Bertz CT molecular complexity index is 939. The van der Waals surface area contributed by atoms with Crippen molar-refractivity contribution in [3.05, 3.63) is 60.9 Å². The molecule has 30 heavy (non-hydrogen) atoms. The van der Waals surface area contributed by atoms with Gasteiger partial charge in [-0.3, -0.25) is 4.99 Å². The number of nitrogens with zero attached hydrogens (tertiary/aromatic N) is 4. The fraction of sp³-hybridized carbons (Fsp3) is 0.391. The monoisotopic (exact) mass is 518 g/mol. The van der Waals surface area contributed by atoms with Crippen molar-refractivity contribution in [1.29, 1.82) is 0 Å². The molecule has 1 aliphatic rings. The summed E-state index contributed by atoms with van der Waals surface area (Å²) >= 11 is 0. The van der Waals surface area contributed by atoms with Crippen LogP contribution in [-0.4, -0.2) is 47.7 Å². The number of rotatable bonds is 7. The normalized spacial score (nSPS) is 16.5. The number of aryl methyl sites for hydroxylation is 1. The van der Waals surface area contributed by atoms with Crippen LogP contribution in [0, 0.1) is 0 Å². The number of guanidine groups is 1. The zero-order valence-corrected chi connectivity index (χ0v) is 19.8. The van der Waals surface area contributed by atoms with Crippen LogP contribution in [0.15, 0.2) is 65.9 Å². The van der Waals surface area contributed by atoms with Crippen molar-refractivity contribution in [3.63, 3.8) is 0 Å². The topological polar surface area (TPSA) is 57.5 Å². The Hall–Kier alpha value is -2.29. The van der Waals surface area contributed by atoms with Crippen LogP contribution in [0.1, 0.15) is 19.8 Å². The lowest BCUT2D eigenvalue weighted by Crippen LogP contribution is -2.44. The fourth-order valence-corrected chi connectivity index (χ4v) is 3.89. The molecule has 1 unspecified atom stereocenters. The Labute approximate surface area is 195 Å². The number of hydrogen-bond donors (Lipinski definition) is 2. The number of aliphatic imine (C=N–C) groups is 1. The van der Waals surface area contributed by atoms with E-state index in [0.717, 1.165) is 57.0 Å². The van der Waals surface area contributed by atoms with Crippen molar-refractivity contribution in [3.8, 4) is 0 Å². The number of nitrogens with one attached hydrogen (secondary N) is 2. The largest absolute Gasteiger partial charge is 0.369 e. The maximum atomic E-state index is 4.80. The molecule has 3 aromatic rings. The van der Waals surface area contributed by atoms with Crippen LogP contribution in [-0.2, 0) is 6.54 Å². The van der Waals surface area contributed by atoms with E-state index in [2.05, 4.69) is 80.5 Å². The molecule has 4 rings (SSSR count). The standard InChI is InChI=1S/C23H30N6.HI/c1-2-24-23(27-19-13-16-28(17-19)20-9-4-3-5-10-20)25-14-8-15-29-18-26-21-11-6-7-12-22(21)29;/h3-7,9-12,18-19H,2,8,13-17H2,1H3,(H2,24,25,27);1H. The van der Waals surface area contributed by atoms with E-state index in [-0.39, 0.29) is 24.0 Å². The van der Waals surface area contributed by atoms with Gasteiger partial charge in [-0.1, -0.05) is 30.3 Å². The van der Waals surface area contributed by atoms with Crippen molar-refractivity contribution >= 4 is 46.7 Å². The molecule has 6 nitrogen and oxygen atoms in total. The molecule has 2 heterocycles. The van der Waals surface area contributed by atoms with Gasteiger partial charge in [0.1, 0.15) is 0 Å². The Morgan fingerprint density at radius 2 is 1.93 bits per heavy atom. The molecule has 160 valence electrons. The second-order valence-electron chi connectivity index (χ2n) is 7.45. The first kappa shape index (κ1) is 22.4. The van der Waals surface area contributed by atoms with Gasteiger partial charge in [0.2, 0.25) is 0 Å². The summed E-state index contributed by atoms with van der Waals surface area (Å²) in [6, 6.07) is 19.3. The van der Waals surface area contributed by atoms with Gasteiger partial charge < -0.3 is 20.1 Å². The highest BCUT2D eigenvalue weighted by Crippen LogP contribution is 2.19. The highest BCUT2D eigenvalue weighted by molar-refractivity contribution is 14.0. The Balaban J connectivity index is 0.00000256. The molecule has 1 aromatic heterocycles. The quantitative estimate of drug-likeness (QED) is 0.216. The lowest BCUT2D eigenvalue weighted by Gasteiger charge is -2.20. The number of hydrogen-bond acceptors (Lipinski definition) is 3. The van der Waals surface area contributed by atoms with Crippen LogP contribution in [0.4, 0.5) is 5.69 Å². The summed E-state index contributed by atoms with van der Waals surface area (Å²) < 4.78 is 2.21. The first-order chi connectivity index (χ1) is 14.3. The minimum absolute atomic E-state index is 0. The van der Waals surface area contributed by atoms with Gasteiger partial charge in [-0.05, 0) is 44.0 Å². The van der Waals surface area contributed by atoms with Crippen LogP contribution >= 0.6 is 24.0 Å². The third-order valence-electron chi connectivity index (χ3n) is 5.35. The first-order valence-electron chi connectivity index (χ1n) is 10.6. The van der Waals surface area contributed by atoms with Crippen molar-refractivity contribution in [2.75, 3.05) is 31.1 Å². The van der Waals surface area contributed by atoms with Crippen molar-refractivity contribution in [2.45, 2.75) is 32.4 Å². The summed E-state index contributed by atoms with van der Waals surface area (Å²) in [5.41, 5.74) is 3.54. The van der Waals surface area contributed by atoms with Crippen molar-refractivity contribution in [1.82, 2.24) is 20.2 Å². The molecule has 1 atom stereocenters. The second-order valence-corrected chi connectivity index (χ2v) is 7.45. The average molecular weight is 518 g/mol. The van der Waals surface area contributed by atoms with Crippen LogP contribution in [0.2, 0.25) is 0 Å². The van der Waals surface area contributed by atoms with E-state index >= 15 is 0 Å². The number of fused-ring (bicyclic) bond motifs is 1. The highest BCUT2D eigenvalue weighted by atomic mass is 127. The molecular formula is C23H31IN6. The van der Waals surface area contributed by atoms with Gasteiger partial charge in [-0.15, -0.1) is 24.0 Å². The molecule has 2 aromatic carbocycles. The first-order valence-corrected chi connectivity index (χ1v) is 10.6. The van der Waals surface area contributed by atoms with Crippen molar-refractivity contribution in [2.24, 2.45) is 4.99 Å². The van der Waals surface area contributed by atoms with Crippen LogP contribution in [0.25, 0.3) is 11.0 Å². The lowest BCUT2D eigenvalue weighted by molar-refractivity contribution is 0.636. The Kier molecular flexibility index (Phi) is 8.36. The van der Waals surface area contributed by atoms with E-state index in [0.29, 0.717) is 6.04 Å². The van der Waals surface area contributed by atoms with Crippen LogP contribution < -0.4 is 15.5 Å². The number of halogens is 1. The zero-order valence-electron chi connectivity index (χ0n) is 17.5. The number of anilines is 1. The maximum absolute atomic E-state index is 4.80. The molecule has 1 saturated heterocycles. The lowest BCUT2D eigenvalue weighted by atomic mass is 10.2. The smallest absolute Gasteiger partial charge is 0.191 e. The summed E-state index contributed by atoms with van der Waals surface area (Å²) in [5, 5.41) is 7.01. The predicted octanol–water partition coefficient (Wildman–Crippen LogP) is 3.88. The van der Waals surface area contributed by atoms with Gasteiger partial charge in [0, 0.05) is 44.5 Å². The average Bonchev–Trinajstić information content (AvgIpc) is 3.39. The molecule has 0 spiro atoms. The molecular weight excluding hydrogens is 487 g/mol. The molecule has 7 heteroatoms. The maximum Gasteiger partial charge on any atom is 0.191 e. The third kappa shape index (κ3) is 5.65. The molecule has 0 saturated carbocycles. The summed E-state index contributed by atoms with van der Waals surface area (Å²) in [5.74, 6) is 0.919. The van der Waals surface area contributed by atoms with E-state index in [1.54, 1.807) is 0 Å². The Morgan fingerprint density at radius 1 is 1.13 bits per heavy atom. The van der Waals surface area contributed by atoms with E-state index in [4.69, 9.17) is 4.99 Å². The number of benzene rings is 2. The second kappa shape index (κ2) is 11.2. The summed E-state index contributed by atoms with van der Waals surface area (Å²) in [6.45, 7) is 6.78. The summed E-state index contributed by atoms with van der Waals surface area (Å²) in [7, 11) is 0. The zero-order chi connectivity index (χ0) is 19.9. The molecule has 1 aliphatic heterocycles. The van der Waals surface area contributed by atoms with Crippen LogP contribution in [0.3, 0.4) is 0 Å². The molecule has 1 fully saturated rings. The molecule has 0 aliphatic carbocycles. The molecule has 2 N–H and O–H groups in total. The van der Waals surface area contributed by atoms with E-state index in [1.165, 1.54) is 11.2 Å². The Morgan fingerprint density at radius 3 is 2.77 bits per heavy atom. The number of aromatic nitrogens is 2. The van der Waals surface area contributed by atoms with Gasteiger partial charge in [0.05, 0.1) is 17.4 Å². The van der Waals surface area contributed by atoms with E-state index in [9.17, 15) is 0 Å². The minimum atomic E-state index is 0. The minimum Gasteiger partial charge on any atom is -0.369 e. The highest BCUT2D eigenvalue weighted by Gasteiger charge is 2.23. The molecule has 0 radical (unpaired) electrons. The number of imidazole rings is 1. The van der Waals surface area contributed by atoms with Crippen molar-refractivity contribution < 1.29 is 0 Å². The fourth-order valence-electron chi connectivity index (χ4n) is 3.89. The molecule has 0 amide bonds. The SMILES string of the molecule is CCNC(=NCCCn1cnc2ccccc21)NC1CCN(c2ccccc2)C1.I. The summed E-state index contributed by atoms with van der Waals surface area (Å²) in [4.78, 5) is 11.7. The van der Waals surface area contributed by atoms with Gasteiger partial charge in [0.25, 0.3) is 0 Å².